The number of rotatable bonds is 7. The van der Waals surface area contributed by atoms with Crippen LogP contribution in [0.15, 0.2) is 59.5 Å². The van der Waals surface area contributed by atoms with Crippen molar-refractivity contribution < 1.29 is 13.2 Å². The second kappa shape index (κ2) is 8.77. The molecule has 3 aromatic rings. The molecular formula is C20H21ClN4O3S. The summed E-state index contributed by atoms with van der Waals surface area (Å²) in [5.41, 5.74) is 2.82. The Morgan fingerprint density at radius 1 is 1.10 bits per heavy atom. The van der Waals surface area contributed by atoms with Gasteiger partial charge >= 0.3 is 0 Å². The maximum absolute atomic E-state index is 12.6. The molecule has 0 saturated carbocycles. The van der Waals surface area contributed by atoms with E-state index in [4.69, 9.17) is 16.7 Å². The number of carbonyl (C=O) groups excluding carboxylic acids is 1. The number of aryl methyl sites for hydroxylation is 1. The van der Waals surface area contributed by atoms with Crippen molar-refractivity contribution >= 4 is 27.5 Å². The Morgan fingerprint density at radius 2 is 1.76 bits per heavy atom. The molecule has 3 rings (SSSR count). The summed E-state index contributed by atoms with van der Waals surface area (Å²) in [6, 6.07) is 16.0. The predicted octanol–water partition coefficient (Wildman–Crippen LogP) is 2.51. The van der Waals surface area contributed by atoms with Gasteiger partial charge in [0.15, 0.2) is 0 Å². The third-order valence-electron chi connectivity index (χ3n) is 4.42. The van der Waals surface area contributed by atoms with E-state index in [0.29, 0.717) is 35.9 Å². The molecule has 0 bridgehead atoms. The van der Waals surface area contributed by atoms with Gasteiger partial charge in [-0.3, -0.25) is 4.79 Å². The molecule has 2 aromatic carbocycles. The largest absolute Gasteiger partial charge is 0.352 e. The minimum atomic E-state index is -3.71. The number of benzene rings is 2. The predicted molar refractivity (Wildman–Crippen MR) is 111 cm³/mol. The normalized spacial score (nSPS) is 11.4. The highest BCUT2D eigenvalue weighted by Gasteiger charge is 2.20. The van der Waals surface area contributed by atoms with Crippen molar-refractivity contribution in [2.24, 2.45) is 5.14 Å². The molecule has 29 heavy (non-hydrogen) atoms. The van der Waals surface area contributed by atoms with Crippen LogP contribution in [-0.4, -0.2) is 30.7 Å². The lowest BCUT2D eigenvalue weighted by Gasteiger charge is -2.07. The van der Waals surface area contributed by atoms with Gasteiger partial charge in [0.2, 0.25) is 10.0 Å². The van der Waals surface area contributed by atoms with Gasteiger partial charge in [-0.1, -0.05) is 54.1 Å². The van der Waals surface area contributed by atoms with Gasteiger partial charge in [-0.05, 0) is 36.6 Å². The topological polar surface area (TPSA) is 107 Å². The number of carbonyl (C=O) groups is 1. The van der Waals surface area contributed by atoms with E-state index in [1.807, 2.05) is 30.3 Å². The molecule has 0 aliphatic carbocycles. The zero-order chi connectivity index (χ0) is 21.0. The standard InChI is InChI=1S/C20H21ClN4O3S/c1-14-18(19(21)25(24-14)13-16-5-3-2-4-6-16)20(26)23-12-11-15-7-9-17(10-8-15)29(22,27)28/h2-10H,11-13H2,1H3,(H,23,26)(H2,22,27,28). The van der Waals surface area contributed by atoms with Crippen LogP contribution in [0.2, 0.25) is 5.15 Å². The molecule has 1 heterocycles. The molecule has 1 aromatic heterocycles. The summed E-state index contributed by atoms with van der Waals surface area (Å²) in [7, 11) is -3.71. The van der Waals surface area contributed by atoms with Gasteiger partial charge in [-0.2, -0.15) is 5.10 Å². The Morgan fingerprint density at radius 3 is 2.38 bits per heavy atom. The van der Waals surface area contributed by atoms with E-state index in [-0.39, 0.29) is 10.8 Å². The fraction of sp³-hybridized carbons (Fsp3) is 0.200. The molecule has 152 valence electrons. The molecule has 0 spiro atoms. The van der Waals surface area contributed by atoms with Crippen LogP contribution in [0.1, 0.15) is 27.2 Å². The average Bonchev–Trinajstić information content (AvgIpc) is 2.95. The van der Waals surface area contributed by atoms with E-state index in [1.54, 1.807) is 23.7 Å². The van der Waals surface area contributed by atoms with Gasteiger partial charge < -0.3 is 5.32 Å². The van der Waals surface area contributed by atoms with Crippen LogP contribution in [-0.2, 0) is 23.0 Å². The van der Waals surface area contributed by atoms with E-state index in [2.05, 4.69) is 10.4 Å². The summed E-state index contributed by atoms with van der Waals surface area (Å²) in [5.74, 6) is -0.298. The number of hydrogen-bond donors (Lipinski definition) is 2. The molecule has 0 atom stereocenters. The lowest BCUT2D eigenvalue weighted by molar-refractivity contribution is 0.0953. The smallest absolute Gasteiger partial charge is 0.256 e. The lowest BCUT2D eigenvalue weighted by atomic mass is 10.1. The number of hydrogen-bond acceptors (Lipinski definition) is 4. The Bertz CT molecular complexity index is 1110. The fourth-order valence-corrected chi connectivity index (χ4v) is 3.76. The minimum Gasteiger partial charge on any atom is -0.352 e. The SMILES string of the molecule is Cc1nn(Cc2ccccc2)c(Cl)c1C(=O)NCCc1ccc(S(N)(=O)=O)cc1. The number of sulfonamides is 1. The monoisotopic (exact) mass is 432 g/mol. The van der Waals surface area contributed by atoms with Gasteiger partial charge in [0.1, 0.15) is 5.15 Å². The number of aromatic nitrogens is 2. The van der Waals surface area contributed by atoms with Crippen LogP contribution in [0, 0.1) is 6.92 Å². The highest BCUT2D eigenvalue weighted by atomic mass is 35.5. The van der Waals surface area contributed by atoms with Gasteiger partial charge in [0.05, 0.1) is 22.7 Å². The maximum Gasteiger partial charge on any atom is 0.256 e. The number of nitrogens with one attached hydrogen (secondary N) is 1. The summed E-state index contributed by atoms with van der Waals surface area (Å²) in [6.45, 7) is 2.59. The Labute approximate surface area is 174 Å². The van der Waals surface area contributed by atoms with E-state index >= 15 is 0 Å². The molecule has 1 amide bonds. The molecule has 0 aliphatic heterocycles. The number of amides is 1. The van der Waals surface area contributed by atoms with Crippen molar-refractivity contribution in [1.29, 1.82) is 0 Å². The van der Waals surface area contributed by atoms with Crippen LogP contribution in [0.5, 0.6) is 0 Å². The molecule has 9 heteroatoms. The van der Waals surface area contributed by atoms with E-state index < -0.39 is 10.0 Å². The number of primary sulfonamides is 1. The molecule has 3 N–H and O–H groups in total. The van der Waals surface area contributed by atoms with Gasteiger partial charge in [-0.25, -0.2) is 18.2 Å². The first kappa shape index (κ1) is 21.0. The summed E-state index contributed by atoms with van der Waals surface area (Å²) in [6.07, 6.45) is 0.533. The van der Waals surface area contributed by atoms with Crippen LogP contribution in [0.3, 0.4) is 0 Å². The van der Waals surface area contributed by atoms with Crippen molar-refractivity contribution in [3.05, 3.63) is 82.1 Å². The lowest BCUT2D eigenvalue weighted by Crippen LogP contribution is -2.26. The quantitative estimate of drug-likeness (QED) is 0.598. The van der Waals surface area contributed by atoms with E-state index in [1.165, 1.54) is 12.1 Å². The summed E-state index contributed by atoms with van der Waals surface area (Å²) >= 11 is 6.40. The molecule has 0 saturated heterocycles. The maximum atomic E-state index is 12.6. The Kier molecular flexibility index (Phi) is 6.36. The molecule has 7 nitrogen and oxygen atoms in total. The average molecular weight is 433 g/mol. The molecule has 0 radical (unpaired) electrons. The highest BCUT2D eigenvalue weighted by Crippen LogP contribution is 2.21. The van der Waals surface area contributed by atoms with Crippen molar-refractivity contribution in [2.45, 2.75) is 24.8 Å². The van der Waals surface area contributed by atoms with Crippen LogP contribution < -0.4 is 10.5 Å². The van der Waals surface area contributed by atoms with Gasteiger partial charge in [0, 0.05) is 6.54 Å². The molecular weight excluding hydrogens is 412 g/mol. The Balaban J connectivity index is 1.62. The summed E-state index contributed by atoms with van der Waals surface area (Å²) in [4.78, 5) is 12.6. The first-order chi connectivity index (χ1) is 13.8. The third-order valence-corrected chi connectivity index (χ3v) is 5.73. The minimum absolute atomic E-state index is 0.0542. The number of halogens is 1. The Hall–Kier alpha value is -2.68. The van der Waals surface area contributed by atoms with E-state index in [0.717, 1.165) is 11.1 Å². The second-order valence-electron chi connectivity index (χ2n) is 6.59. The molecule has 0 aliphatic rings. The first-order valence-electron chi connectivity index (χ1n) is 8.92. The van der Waals surface area contributed by atoms with Crippen molar-refractivity contribution in [3.63, 3.8) is 0 Å². The first-order valence-corrected chi connectivity index (χ1v) is 10.8. The van der Waals surface area contributed by atoms with Gasteiger partial charge in [0.25, 0.3) is 5.91 Å². The second-order valence-corrected chi connectivity index (χ2v) is 8.51. The number of nitrogens with two attached hydrogens (primary N) is 1. The highest BCUT2D eigenvalue weighted by molar-refractivity contribution is 7.89. The van der Waals surface area contributed by atoms with Crippen LogP contribution in [0.25, 0.3) is 0 Å². The van der Waals surface area contributed by atoms with E-state index in [9.17, 15) is 13.2 Å². The van der Waals surface area contributed by atoms with Crippen LogP contribution in [0.4, 0.5) is 0 Å². The van der Waals surface area contributed by atoms with Crippen molar-refractivity contribution in [1.82, 2.24) is 15.1 Å². The third kappa shape index (κ3) is 5.23. The molecule has 0 fully saturated rings. The van der Waals surface area contributed by atoms with Crippen LogP contribution >= 0.6 is 11.6 Å². The summed E-state index contributed by atoms with van der Waals surface area (Å²) in [5, 5.41) is 12.6. The number of nitrogens with zero attached hydrogens (tertiary/aromatic N) is 2. The van der Waals surface area contributed by atoms with Gasteiger partial charge in [-0.15, -0.1) is 0 Å². The zero-order valence-electron chi connectivity index (χ0n) is 15.8. The fourth-order valence-electron chi connectivity index (χ4n) is 2.93. The van der Waals surface area contributed by atoms with Crippen molar-refractivity contribution in [2.75, 3.05) is 6.54 Å². The summed E-state index contributed by atoms with van der Waals surface area (Å²) < 4.78 is 24.2. The van der Waals surface area contributed by atoms with Crippen molar-refractivity contribution in [3.8, 4) is 0 Å². The molecule has 0 unspecified atom stereocenters. The zero-order valence-corrected chi connectivity index (χ0v) is 17.4.